The summed E-state index contributed by atoms with van der Waals surface area (Å²) in [6, 6.07) is 14.5. The van der Waals surface area contributed by atoms with Crippen LogP contribution < -0.4 is 10.6 Å². The predicted octanol–water partition coefficient (Wildman–Crippen LogP) is 4.07. The molecule has 2 aromatic rings. The first kappa shape index (κ1) is 24.8. The predicted molar refractivity (Wildman–Crippen MR) is 129 cm³/mol. The Bertz CT molecular complexity index is 1030. The van der Waals surface area contributed by atoms with Gasteiger partial charge in [-0.05, 0) is 28.7 Å². The number of hydrogen-bond acceptors (Lipinski definition) is 4. The van der Waals surface area contributed by atoms with Crippen LogP contribution in [0, 0.1) is 12.3 Å². The van der Waals surface area contributed by atoms with Crippen molar-refractivity contribution in [3.8, 4) is 23.5 Å². The molecule has 3 N–H and O–H groups in total. The van der Waals surface area contributed by atoms with Gasteiger partial charge in [-0.15, -0.1) is 12.3 Å². The van der Waals surface area contributed by atoms with Gasteiger partial charge in [0.05, 0.1) is 6.42 Å². The number of unbranched alkanes of at least 4 members (excludes halogenated alkanes) is 1. The van der Waals surface area contributed by atoms with Crippen molar-refractivity contribution < 1.29 is 24.2 Å². The molecule has 0 saturated carbocycles. The first-order chi connectivity index (χ1) is 16.4. The summed E-state index contributed by atoms with van der Waals surface area (Å²) in [5, 5.41) is 14.4. The molecule has 0 aromatic heterocycles. The Balaban J connectivity index is 1.62. The lowest BCUT2D eigenvalue weighted by atomic mass is 9.98. The molecule has 0 saturated heterocycles. The van der Waals surface area contributed by atoms with E-state index in [0.29, 0.717) is 6.42 Å². The molecule has 2 aromatic carbocycles. The number of alkyl carbamates (subject to hydrolysis) is 1. The monoisotopic (exact) mass is 462 g/mol. The van der Waals surface area contributed by atoms with Gasteiger partial charge in [0.1, 0.15) is 12.6 Å². The topological polar surface area (TPSA) is 105 Å². The van der Waals surface area contributed by atoms with Crippen molar-refractivity contribution in [3.63, 3.8) is 0 Å². The SMILES string of the molecule is C#CCC(NC(=O)OCC1c2ccccc2-c2ccccc21)C(=O)NC(CCCC)CC(=O)O. The Kier molecular flexibility index (Phi) is 8.69. The second-order valence-corrected chi connectivity index (χ2v) is 8.38. The van der Waals surface area contributed by atoms with Gasteiger partial charge in [0.15, 0.2) is 0 Å². The Morgan fingerprint density at radius 1 is 1.06 bits per heavy atom. The standard InChI is InChI=1S/C27H30N2O5/c1-3-5-11-18(16-25(30)31)28-26(32)24(10-4-2)29-27(33)34-17-23-21-14-8-6-12-19(21)20-13-7-9-15-22(20)23/h2,6-9,12-15,18,23-24H,3,5,10-11,16-17H2,1H3,(H,28,32)(H,29,33)(H,30,31). The van der Waals surface area contributed by atoms with Crippen LogP contribution in [0.25, 0.3) is 11.1 Å². The summed E-state index contributed by atoms with van der Waals surface area (Å²) < 4.78 is 5.51. The first-order valence-electron chi connectivity index (χ1n) is 11.5. The zero-order chi connectivity index (χ0) is 24.5. The molecule has 0 radical (unpaired) electrons. The second-order valence-electron chi connectivity index (χ2n) is 8.38. The average Bonchev–Trinajstić information content (AvgIpc) is 3.14. The van der Waals surface area contributed by atoms with E-state index in [4.69, 9.17) is 16.3 Å². The molecule has 1 aliphatic rings. The normalized spacial score (nSPS) is 13.6. The lowest BCUT2D eigenvalue weighted by Crippen LogP contribution is -2.50. The summed E-state index contributed by atoms with van der Waals surface area (Å²) in [6.45, 7) is 2.10. The lowest BCUT2D eigenvalue weighted by molar-refractivity contribution is -0.137. The number of amides is 2. The zero-order valence-electron chi connectivity index (χ0n) is 19.3. The second kappa shape index (κ2) is 11.9. The summed E-state index contributed by atoms with van der Waals surface area (Å²) in [5.41, 5.74) is 4.41. The fourth-order valence-electron chi connectivity index (χ4n) is 4.30. The van der Waals surface area contributed by atoms with E-state index in [-0.39, 0.29) is 25.4 Å². The van der Waals surface area contributed by atoms with E-state index in [9.17, 15) is 14.4 Å². The Labute approximate surface area is 199 Å². The molecule has 7 heteroatoms. The number of carbonyl (C=O) groups is 3. The van der Waals surface area contributed by atoms with Crippen molar-refractivity contribution in [3.05, 3.63) is 59.7 Å². The Morgan fingerprint density at radius 3 is 2.24 bits per heavy atom. The van der Waals surface area contributed by atoms with E-state index >= 15 is 0 Å². The van der Waals surface area contributed by atoms with E-state index < -0.39 is 30.1 Å². The maximum Gasteiger partial charge on any atom is 0.407 e. The number of aliphatic carboxylic acids is 1. The molecule has 178 valence electrons. The molecule has 34 heavy (non-hydrogen) atoms. The number of terminal acetylenes is 1. The zero-order valence-corrected chi connectivity index (χ0v) is 19.3. The van der Waals surface area contributed by atoms with E-state index in [0.717, 1.165) is 35.1 Å². The van der Waals surface area contributed by atoms with Crippen LogP contribution in [0.3, 0.4) is 0 Å². The van der Waals surface area contributed by atoms with Gasteiger partial charge in [0, 0.05) is 18.4 Å². The van der Waals surface area contributed by atoms with Crippen molar-refractivity contribution in [2.75, 3.05) is 6.61 Å². The third kappa shape index (κ3) is 6.16. The van der Waals surface area contributed by atoms with Crippen molar-refractivity contribution >= 4 is 18.0 Å². The Morgan fingerprint density at radius 2 is 1.68 bits per heavy atom. The van der Waals surface area contributed by atoms with Crippen LogP contribution in [0.4, 0.5) is 4.79 Å². The van der Waals surface area contributed by atoms with Crippen LogP contribution in [0.15, 0.2) is 48.5 Å². The van der Waals surface area contributed by atoms with Crippen molar-refractivity contribution in [1.29, 1.82) is 0 Å². The van der Waals surface area contributed by atoms with Gasteiger partial charge < -0.3 is 20.5 Å². The molecule has 3 rings (SSSR count). The van der Waals surface area contributed by atoms with Gasteiger partial charge in [-0.1, -0.05) is 68.3 Å². The van der Waals surface area contributed by atoms with Crippen LogP contribution in [0.1, 0.15) is 56.1 Å². The molecule has 2 atom stereocenters. The van der Waals surface area contributed by atoms with Crippen LogP contribution in [0.5, 0.6) is 0 Å². The molecule has 1 aliphatic carbocycles. The van der Waals surface area contributed by atoms with Crippen LogP contribution in [-0.4, -0.2) is 41.8 Å². The van der Waals surface area contributed by atoms with E-state index in [2.05, 4.69) is 16.6 Å². The van der Waals surface area contributed by atoms with Crippen LogP contribution in [0.2, 0.25) is 0 Å². The highest BCUT2D eigenvalue weighted by Crippen LogP contribution is 2.44. The third-order valence-electron chi connectivity index (χ3n) is 5.95. The van der Waals surface area contributed by atoms with Gasteiger partial charge in [0.2, 0.25) is 5.91 Å². The molecule has 0 heterocycles. The number of nitrogens with one attached hydrogen (secondary N) is 2. The maximum atomic E-state index is 12.7. The fraction of sp³-hybridized carbons (Fsp3) is 0.370. The highest BCUT2D eigenvalue weighted by Gasteiger charge is 2.30. The van der Waals surface area contributed by atoms with Crippen LogP contribution in [-0.2, 0) is 14.3 Å². The molecule has 0 spiro atoms. The van der Waals surface area contributed by atoms with Gasteiger partial charge in [-0.3, -0.25) is 9.59 Å². The fourth-order valence-corrected chi connectivity index (χ4v) is 4.30. The number of hydrogen-bond donors (Lipinski definition) is 3. The number of carbonyl (C=O) groups excluding carboxylic acids is 2. The number of fused-ring (bicyclic) bond motifs is 3. The minimum absolute atomic E-state index is 0.0381. The highest BCUT2D eigenvalue weighted by atomic mass is 16.5. The van der Waals surface area contributed by atoms with E-state index in [1.807, 2.05) is 55.5 Å². The molecule has 2 amide bonds. The largest absolute Gasteiger partial charge is 0.481 e. The summed E-state index contributed by atoms with van der Waals surface area (Å²) in [5.74, 6) is 0.762. The number of ether oxygens (including phenoxy) is 1. The highest BCUT2D eigenvalue weighted by molar-refractivity contribution is 5.86. The van der Waals surface area contributed by atoms with Gasteiger partial charge in [-0.2, -0.15) is 0 Å². The van der Waals surface area contributed by atoms with Crippen molar-refractivity contribution in [1.82, 2.24) is 10.6 Å². The molecular formula is C27H30N2O5. The number of rotatable bonds is 11. The Hall–Kier alpha value is -3.79. The van der Waals surface area contributed by atoms with Gasteiger partial charge >= 0.3 is 12.1 Å². The molecule has 0 bridgehead atoms. The van der Waals surface area contributed by atoms with Crippen molar-refractivity contribution in [2.45, 2.75) is 57.0 Å². The molecule has 2 unspecified atom stereocenters. The van der Waals surface area contributed by atoms with Crippen LogP contribution >= 0.6 is 0 Å². The lowest BCUT2D eigenvalue weighted by Gasteiger charge is -2.22. The summed E-state index contributed by atoms with van der Waals surface area (Å²) in [7, 11) is 0. The molecule has 0 fully saturated rings. The molecular weight excluding hydrogens is 432 g/mol. The number of carboxylic acid groups (broad SMARTS) is 1. The maximum absolute atomic E-state index is 12.7. The number of benzene rings is 2. The summed E-state index contributed by atoms with van der Waals surface area (Å²) >= 11 is 0. The average molecular weight is 463 g/mol. The van der Waals surface area contributed by atoms with Crippen molar-refractivity contribution in [2.24, 2.45) is 0 Å². The summed E-state index contributed by atoms with van der Waals surface area (Å²) in [4.78, 5) is 36.5. The quantitative estimate of drug-likeness (QED) is 0.437. The summed E-state index contributed by atoms with van der Waals surface area (Å²) in [6.07, 6.45) is 6.59. The van der Waals surface area contributed by atoms with Gasteiger partial charge in [0.25, 0.3) is 0 Å². The third-order valence-corrected chi connectivity index (χ3v) is 5.95. The molecule has 7 nitrogen and oxygen atoms in total. The van der Waals surface area contributed by atoms with Gasteiger partial charge in [-0.25, -0.2) is 4.79 Å². The minimum Gasteiger partial charge on any atom is -0.481 e. The molecule has 0 aliphatic heterocycles. The first-order valence-corrected chi connectivity index (χ1v) is 11.5. The minimum atomic E-state index is -1.02. The number of carboxylic acids is 1. The van der Waals surface area contributed by atoms with E-state index in [1.54, 1.807) is 0 Å². The smallest absolute Gasteiger partial charge is 0.407 e. The van der Waals surface area contributed by atoms with E-state index in [1.165, 1.54) is 0 Å².